The fourth-order valence-electron chi connectivity index (χ4n) is 2.14. The number of hydrogen-bond acceptors (Lipinski definition) is 6. The number of hydrogen-bond donors (Lipinski definition) is 3. The minimum absolute atomic E-state index is 0. The van der Waals surface area contributed by atoms with Crippen LogP contribution in [-0.4, -0.2) is 44.9 Å². The zero-order chi connectivity index (χ0) is 15.1. The van der Waals surface area contributed by atoms with Gasteiger partial charge in [-0.25, -0.2) is 0 Å². The van der Waals surface area contributed by atoms with Gasteiger partial charge in [0.25, 0.3) is 0 Å². The second kappa shape index (κ2) is 9.53. The van der Waals surface area contributed by atoms with E-state index in [9.17, 15) is 5.11 Å². The molecule has 1 aromatic rings. The molecule has 0 amide bonds. The minimum Gasteiger partial charge on any atom is -0.497 e. The number of guanidine groups is 1. The van der Waals surface area contributed by atoms with Crippen LogP contribution in [0.5, 0.6) is 11.5 Å². The summed E-state index contributed by atoms with van der Waals surface area (Å²) in [6.45, 7) is 2.11. The number of methoxy groups -OCH3 is 2. The molecule has 7 heteroatoms. The molecule has 0 bridgehead atoms. The molecule has 1 heterocycles. The number of aliphatic hydroxyl groups excluding tert-OH is 1. The number of halogens is 1. The molecule has 2 rings (SSSR count). The summed E-state index contributed by atoms with van der Waals surface area (Å²) in [5.74, 6) is 2.07. The Morgan fingerprint density at radius 1 is 1.23 bits per heavy atom. The Hall–Kier alpha value is -1.47. The lowest BCUT2D eigenvalue weighted by Gasteiger charge is -2.16. The van der Waals surface area contributed by atoms with Gasteiger partial charge in [0.05, 0.1) is 20.3 Å². The van der Waals surface area contributed by atoms with Crippen molar-refractivity contribution in [2.24, 2.45) is 4.99 Å². The molecule has 1 aliphatic heterocycles. The monoisotopic (exact) mass is 373 g/mol. The van der Waals surface area contributed by atoms with Crippen molar-refractivity contribution in [1.29, 1.82) is 0 Å². The van der Waals surface area contributed by atoms with E-state index < -0.39 is 6.10 Å². The Bertz CT molecular complexity index is 475. The Morgan fingerprint density at radius 2 is 1.91 bits per heavy atom. The number of nitrogens with one attached hydrogen (secondary N) is 2. The lowest BCUT2D eigenvalue weighted by atomic mass is 10.1. The van der Waals surface area contributed by atoms with E-state index in [2.05, 4.69) is 15.6 Å². The molecule has 0 spiro atoms. The fourth-order valence-corrected chi connectivity index (χ4v) is 2.14. The topological polar surface area (TPSA) is 75.1 Å². The molecule has 1 aromatic carbocycles. The van der Waals surface area contributed by atoms with Crippen molar-refractivity contribution in [2.45, 2.75) is 18.9 Å². The smallest absolute Gasteiger partial charge is 0.191 e. The maximum Gasteiger partial charge on any atom is 0.191 e. The maximum absolute atomic E-state index is 10.3. The van der Waals surface area contributed by atoms with Crippen molar-refractivity contribution < 1.29 is 14.6 Å². The first kappa shape index (κ1) is 18.6. The summed E-state index contributed by atoms with van der Waals surface area (Å²) in [4.78, 5) is 4.39. The second-order valence-electron chi connectivity index (χ2n) is 4.91. The van der Waals surface area contributed by atoms with Crippen molar-refractivity contribution in [1.82, 2.24) is 10.6 Å². The van der Waals surface area contributed by atoms with E-state index in [1.807, 2.05) is 0 Å². The van der Waals surface area contributed by atoms with Crippen LogP contribution in [0.25, 0.3) is 0 Å². The molecule has 124 valence electrons. The molecule has 0 aliphatic carbocycles. The van der Waals surface area contributed by atoms with Crippen LogP contribution in [-0.2, 0) is 0 Å². The van der Waals surface area contributed by atoms with Gasteiger partial charge in [-0.2, -0.15) is 0 Å². The van der Waals surface area contributed by atoms with E-state index in [1.54, 1.807) is 32.4 Å². The molecule has 0 fully saturated rings. The highest BCUT2D eigenvalue weighted by molar-refractivity contribution is 8.93. The molecule has 0 saturated heterocycles. The van der Waals surface area contributed by atoms with Crippen molar-refractivity contribution in [3.8, 4) is 11.5 Å². The van der Waals surface area contributed by atoms with Crippen LogP contribution >= 0.6 is 17.0 Å². The van der Waals surface area contributed by atoms with E-state index in [0.29, 0.717) is 18.0 Å². The van der Waals surface area contributed by atoms with Gasteiger partial charge in [-0.3, -0.25) is 4.99 Å². The van der Waals surface area contributed by atoms with E-state index in [1.165, 1.54) is 0 Å². The zero-order valence-electron chi connectivity index (χ0n) is 13.0. The van der Waals surface area contributed by atoms with E-state index in [4.69, 9.17) is 9.47 Å². The first-order valence-electron chi connectivity index (χ1n) is 7.16. The largest absolute Gasteiger partial charge is 0.497 e. The summed E-state index contributed by atoms with van der Waals surface area (Å²) in [5, 5.41) is 16.7. The van der Waals surface area contributed by atoms with Crippen LogP contribution in [0.3, 0.4) is 0 Å². The number of aliphatic imine (C=N–C) groups is 1. The van der Waals surface area contributed by atoms with Gasteiger partial charge < -0.3 is 25.2 Å². The summed E-state index contributed by atoms with van der Waals surface area (Å²) < 4.78 is 10.4. The average Bonchev–Trinajstić information content (AvgIpc) is 2.80. The van der Waals surface area contributed by atoms with E-state index in [-0.39, 0.29) is 17.0 Å². The number of aliphatic hydroxyl groups is 1. The van der Waals surface area contributed by atoms with Gasteiger partial charge in [-0.05, 0) is 30.5 Å². The number of ether oxygens (including phenoxy) is 2. The summed E-state index contributed by atoms with van der Waals surface area (Å²) in [6, 6.07) is 5.38. The van der Waals surface area contributed by atoms with Gasteiger partial charge in [0.1, 0.15) is 11.5 Å². The van der Waals surface area contributed by atoms with E-state index in [0.717, 1.165) is 37.5 Å². The Morgan fingerprint density at radius 3 is 2.55 bits per heavy atom. The van der Waals surface area contributed by atoms with Gasteiger partial charge in [0.2, 0.25) is 0 Å². The highest BCUT2D eigenvalue weighted by atomic mass is 79.9. The second-order valence-corrected chi connectivity index (χ2v) is 4.91. The molecule has 6 nitrogen and oxygen atoms in total. The molecule has 0 radical (unpaired) electrons. The maximum atomic E-state index is 10.3. The molecule has 0 aromatic heterocycles. The van der Waals surface area contributed by atoms with Gasteiger partial charge >= 0.3 is 0 Å². The molecule has 1 unspecified atom stereocenters. The SMILES string of the molecule is Br.COc1cc(OC)cc(C(O)CNC2=NCCCCN2)c1. The van der Waals surface area contributed by atoms with Gasteiger partial charge in [-0.15, -0.1) is 17.0 Å². The van der Waals surface area contributed by atoms with Gasteiger partial charge in [0, 0.05) is 25.7 Å². The molecule has 3 N–H and O–H groups in total. The Kier molecular flexibility index (Phi) is 8.05. The lowest BCUT2D eigenvalue weighted by Crippen LogP contribution is -2.39. The third kappa shape index (κ3) is 5.38. The highest BCUT2D eigenvalue weighted by Crippen LogP contribution is 2.26. The quantitative estimate of drug-likeness (QED) is 0.731. The standard InChI is InChI=1S/C15H23N3O3.BrH/c1-20-12-7-11(8-13(9-12)21-2)14(19)10-18-15-16-5-3-4-6-17-15;/h7-9,14,19H,3-6,10H2,1-2H3,(H2,16,17,18);1H. The van der Waals surface area contributed by atoms with Crippen LogP contribution in [0.1, 0.15) is 24.5 Å². The Balaban J connectivity index is 0.00000242. The first-order chi connectivity index (χ1) is 10.2. The lowest BCUT2D eigenvalue weighted by molar-refractivity contribution is 0.180. The molecule has 22 heavy (non-hydrogen) atoms. The van der Waals surface area contributed by atoms with Crippen LogP contribution in [0.4, 0.5) is 0 Å². The summed E-state index contributed by atoms with van der Waals surface area (Å²) >= 11 is 0. The first-order valence-corrected chi connectivity index (χ1v) is 7.16. The van der Waals surface area contributed by atoms with Crippen molar-refractivity contribution in [2.75, 3.05) is 33.9 Å². The van der Waals surface area contributed by atoms with Crippen LogP contribution in [0.15, 0.2) is 23.2 Å². The van der Waals surface area contributed by atoms with Crippen LogP contribution in [0.2, 0.25) is 0 Å². The van der Waals surface area contributed by atoms with Crippen molar-refractivity contribution >= 4 is 22.9 Å². The third-order valence-corrected chi connectivity index (χ3v) is 3.37. The third-order valence-electron chi connectivity index (χ3n) is 3.37. The zero-order valence-corrected chi connectivity index (χ0v) is 14.7. The van der Waals surface area contributed by atoms with Crippen LogP contribution < -0.4 is 20.1 Å². The van der Waals surface area contributed by atoms with Gasteiger partial charge in [0.15, 0.2) is 5.96 Å². The average molecular weight is 374 g/mol. The highest BCUT2D eigenvalue weighted by Gasteiger charge is 2.12. The summed E-state index contributed by atoms with van der Waals surface area (Å²) in [7, 11) is 3.18. The normalized spacial score (nSPS) is 15.5. The van der Waals surface area contributed by atoms with E-state index >= 15 is 0 Å². The molecule has 0 saturated carbocycles. The van der Waals surface area contributed by atoms with Gasteiger partial charge in [-0.1, -0.05) is 0 Å². The number of benzene rings is 1. The summed E-state index contributed by atoms with van der Waals surface area (Å²) in [5.41, 5.74) is 0.743. The fraction of sp³-hybridized carbons (Fsp3) is 0.533. The predicted molar refractivity (Wildman–Crippen MR) is 92.4 cm³/mol. The minimum atomic E-state index is -0.665. The molecular formula is C15H24BrN3O3. The summed E-state index contributed by atoms with van der Waals surface area (Å²) in [6.07, 6.45) is 1.54. The molecule has 1 atom stereocenters. The van der Waals surface area contributed by atoms with Crippen molar-refractivity contribution in [3.63, 3.8) is 0 Å². The number of nitrogens with zero attached hydrogens (tertiary/aromatic N) is 1. The molecule has 1 aliphatic rings. The molecular weight excluding hydrogens is 350 g/mol. The number of rotatable bonds is 5. The predicted octanol–water partition coefficient (Wildman–Crippen LogP) is 1.64. The Labute approximate surface area is 141 Å². The van der Waals surface area contributed by atoms with Crippen LogP contribution in [0, 0.1) is 0 Å². The van der Waals surface area contributed by atoms with Crippen molar-refractivity contribution in [3.05, 3.63) is 23.8 Å².